The zero-order chi connectivity index (χ0) is 20.1. The third kappa shape index (κ3) is 5.16. The molecule has 1 aliphatic rings. The highest BCUT2D eigenvalue weighted by atomic mass is 32.2. The van der Waals surface area contributed by atoms with Gasteiger partial charge in [0, 0.05) is 5.69 Å². The van der Waals surface area contributed by atoms with Crippen LogP contribution in [0.15, 0.2) is 47.4 Å². The lowest BCUT2D eigenvalue weighted by Gasteiger charge is -2.08. The van der Waals surface area contributed by atoms with Crippen molar-refractivity contribution in [2.75, 3.05) is 17.7 Å². The van der Waals surface area contributed by atoms with Crippen LogP contribution in [-0.4, -0.2) is 32.7 Å². The zero-order valence-electron chi connectivity index (χ0n) is 15.1. The number of rotatable bonds is 7. The van der Waals surface area contributed by atoms with Crippen LogP contribution in [0.25, 0.3) is 0 Å². The summed E-state index contributed by atoms with van der Waals surface area (Å²) < 4.78 is 41.9. The molecule has 0 fully saturated rings. The van der Waals surface area contributed by atoms with Crippen LogP contribution in [-0.2, 0) is 37.0 Å². The first-order valence-electron chi connectivity index (χ1n) is 8.89. The van der Waals surface area contributed by atoms with Gasteiger partial charge in [0.05, 0.1) is 17.1 Å². The minimum absolute atomic E-state index is 0.0731. The van der Waals surface area contributed by atoms with Crippen molar-refractivity contribution in [1.82, 2.24) is 0 Å². The lowest BCUT2D eigenvalue weighted by molar-refractivity contribution is -0.146. The fourth-order valence-electron chi connectivity index (χ4n) is 3.04. The number of ether oxygens (including phenoxy) is 1. The highest BCUT2D eigenvalue weighted by Gasteiger charge is 2.18. The number of sulfone groups is 1. The number of carbonyl (C=O) groups excluding carboxylic acids is 2. The summed E-state index contributed by atoms with van der Waals surface area (Å²) in [5.41, 5.74) is 3.13. The molecule has 0 bridgehead atoms. The molecule has 2 aromatic carbocycles. The second-order valence-corrected chi connectivity index (χ2v) is 8.68. The molecule has 2 aromatic rings. The van der Waals surface area contributed by atoms with Gasteiger partial charge in [-0.2, -0.15) is 0 Å². The van der Waals surface area contributed by atoms with E-state index >= 15 is 0 Å². The molecular weight excluding hydrogens is 385 g/mol. The summed E-state index contributed by atoms with van der Waals surface area (Å²) in [5, 5.41) is 2.66. The molecule has 0 radical (unpaired) electrons. The normalized spacial score (nSPS) is 13.0. The number of anilines is 1. The van der Waals surface area contributed by atoms with E-state index in [1.165, 1.54) is 11.1 Å². The second kappa shape index (κ2) is 8.52. The van der Waals surface area contributed by atoms with Crippen LogP contribution >= 0.6 is 0 Å². The predicted octanol–water partition coefficient (Wildman–Crippen LogP) is 2.66. The van der Waals surface area contributed by atoms with Gasteiger partial charge in [-0.1, -0.05) is 6.07 Å². The molecule has 0 aromatic heterocycles. The van der Waals surface area contributed by atoms with Crippen LogP contribution in [0.2, 0.25) is 0 Å². The molecule has 0 unspecified atom stereocenters. The predicted molar refractivity (Wildman–Crippen MR) is 101 cm³/mol. The Kier molecular flexibility index (Phi) is 6.08. The van der Waals surface area contributed by atoms with Gasteiger partial charge in [-0.25, -0.2) is 12.8 Å². The van der Waals surface area contributed by atoms with E-state index in [4.69, 9.17) is 4.74 Å². The summed E-state index contributed by atoms with van der Waals surface area (Å²) in [6, 6.07) is 10.0. The number of hydrogen-bond acceptors (Lipinski definition) is 5. The highest BCUT2D eigenvalue weighted by molar-refractivity contribution is 7.91. The van der Waals surface area contributed by atoms with Gasteiger partial charge in [0.1, 0.15) is 5.82 Å². The minimum atomic E-state index is -3.73. The SMILES string of the molecule is O=C(COC(=O)CCS(=O)(=O)c1ccc(F)cc1)Nc1ccc2c(c1)CCC2. The van der Waals surface area contributed by atoms with E-state index in [1.54, 1.807) is 6.07 Å². The van der Waals surface area contributed by atoms with Crippen molar-refractivity contribution in [3.8, 4) is 0 Å². The van der Waals surface area contributed by atoms with Crippen LogP contribution in [0.1, 0.15) is 24.0 Å². The van der Waals surface area contributed by atoms with Crippen molar-refractivity contribution in [2.24, 2.45) is 0 Å². The molecule has 0 saturated heterocycles. The number of esters is 1. The minimum Gasteiger partial charge on any atom is -0.456 e. The first-order valence-corrected chi connectivity index (χ1v) is 10.5. The number of nitrogens with one attached hydrogen (secondary N) is 1. The number of halogens is 1. The largest absolute Gasteiger partial charge is 0.456 e. The monoisotopic (exact) mass is 405 g/mol. The Bertz CT molecular complexity index is 986. The van der Waals surface area contributed by atoms with Crippen molar-refractivity contribution in [3.05, 3.63) is 59.4 Å². The second-order valence-electron chi connectivity index (χ2n) is 6.57. The van der Waals surface area contributed by atoms with E-state index in [-0.39, 0.29) is 4.90 Å². The van der Waals surface area contributed by atoms with Crippen molar-refractivity contribution < 1.29 is 27.1 Å². The number of hydrogen-bond donors (Lipinski definition) is 1. The van der Waals surface area contributed by atoms with Crippen LogP contribution in [0, 0.1) is 5.82 Å². The van der Waals surface area contributed by atoms with Gasteiger partial charge in [-0.05, 0) is 66.8 Å². The summed E-state index contributed by atoms with van der Waals surface area (Å²) in [4.78, 5) is 23.6. The van der Waals surface area contributed by atoms with Crippen molar-refractivity contribution in [2.45, 2.75) is 30.6 Å². The summed E-state index contributed by atoms with van der Waals surface area (Å²) in [5.74, 6) is -2.32. The number of aryl methyl sites for hydroxylation is 2. The fraction of sp³-hybridized carbons (Fsp3) is 0.300. The van der Waals surface area contributed by atoms with Gasteiger partial charge in [0.2, 0.25) is 0 Å². The Balaban J connectivity index is 1.45. The summed E-state index contributed by atoms with van der Waals surface area (Å²) in [6.07, 6.45) is 2.73. The average Bonchev–Trinajstić information content (AvgIpc) is 3.13. The van der Waals surface area contributed by atoms with E-state index in [1.807, 2.05) is 12.1 Å². The zero-order valence-corrected chi connectivity index (χ0v) is 15.9. The number of benzene rings is 2. The van der Waals surface area contributed by atoms with E-state index in [9.17, 15) is 22.4 Å². The quantitative estimate of drug-likeness (QED) is 0.565. The lowest BCUT2D eigenvalue weighted by atomic mass is 10.1. The Morgan fingerprint density at radius 1 is 1.04 bits per heavy atom. The molecule has 8 heteroatoms. The van der Waals surface area contributed by atoms with Crippen molar-refractivity contribution in [3.63, 3.8) is 0 Å². The number of fused-ring (bicyclic) bond motifs is 1. The van der Waals surface area contributed by atoms with E-state index in [0.717, 1.165) is 43.5 Å². The number of carbonyl (C=O) groups is 2. The molecule has 0 heterocycles. The molecule has 0 spiro atoms. The van der Waals surface area contributed by atoms with Gasteiger partial charge < -0.3 is 10.1 Å². The molecule has 148 valence electrons. The third-order valence-electron chi connectivity index (χ3n) is 4.49. The van der Waals surface area contributed by atoms with Crippen LogP contribution < -0.4 is 5.32 Å². The molecule has 0 atom stereocenters. The Labute approximate surface area is 162 Å². The van der Waals surface area contributed by atoms with E-state index < -0.39 is 46.3 Å². The molecule has 28 heavy (non-hydrogen) atoms. The van der Waals surface area contributed by atoms with Gasteiger partial charge in [0.15, 0.2) is 16.4 Å². The lowest BCUT2D eigenvalue weighted by Crippen LogP contribution is -2.22. The Morgan fingerprint density at radius 2 is 1.75 bits per heavy atom. The average molecular weight is 405 g/mol. The summed E-state index contributed by atoms with van der Waals surface area (Å²) in [7, 11) is -3.73. The van der Waals surface area contributed by atoms with Gasteiger partial charge in [-0.3, -0.25) is 9.59 Å². The van der Waals surface area contributed by atoms with Crippen molar-refractivity contribution in [1.29, 1.82) is 0 Å². The molecule has 0 aliphatic heterocycles. The molecule has 3 rings (SSSR count). The third-order valence-corrected chi connectivity index (χ3v) is 6.23. The van der Waals surface area contributed by atoms with Crippen molar-refractivity contribution >= 4 is 27.4 Å². The summed E-state index contributed by atoms with van der Waals surface area (Å²) >= 11 is 0. The Hall–Kier alpha value is -2.74. The first-order chi connectivity index (χ1) is 13.3. The van der Waals surface area contributed by atoms with Gasteiger partial charge >= 0.3 is 5.97 Å². The smallest absolute Gasteiger partial charge is 0.307 e. The van der Waals surface area contributed by atoms with E-state index in [2.05, 4.69) is 5.32 Å². The molecular formula is C20H20FNO5S. The molecule has 0 saturated carbocycles. The van der Waals surface area contributed by atoms with Crippen LogP contribution in [0.5, 0.6) is 0 Å². The van der Waals surface area contributed by atoms with Crippen LogP contribution in [0.3, 0.4) is 0 Å². The molecule has 1 amide bonds. The molecule has 1 aliphatic carbocycles. The highest BCUT2D eigenvalue weighted by Crippen LogP contribution is 2.24. The van der Waals surface area contributed by atoms with E-state index in [0.29, 0.717) is 5.69 Å². The first kappa shape index (κ1) is 20.0. The topological polar surface area (TPSA) is 89.5 Å². The standard InChI is InChI=1S/C20H20FNO5S/c21-16-5-8-18(9-6-16)28(25,26)11-10-20(24)27-13-19(23)22-17-7-4-14-2-1-3-15(14)12-17/h4-9,12H,1-3,10-11,13H2,(H,22,23). The maximum Gasteiger partial charge on any atom is 0.307 e. The number of amides is 1. The Morgan fingerprint density at radius 3 is 2.50 bits per heavy atom. The van der Waals surface area contributed by atoms with Gasteiger partial charge in [-0.15, -0.1) is 0 Å². The maximum atomic E-state index is 12.9. The van der Waals surface area contributed by atoms with Crippen LogP contribution in [0.4, 0.5) is 10.1 Å². The fourth-order valence-corrected chi connectivity index (χ4v) is 4.26. The molecule has 1 N–H and O–H groups in total. The summed E-state index contributed by atoms with van der Waals surface area (Å²) in [6.45, 7) is -0.494. The molecule has 6 nitrogen and oxygen atoms in total. The van der Waals surface area contributed by atoms with Gasteiger partial charge in [0.25, 0.3) is 5.91 Å². The maximum absolute atomic E-state index is 12.9.